The fourth-order valence-corrected chi connectivity index (χ4v) is 6.32. The summed E-state index contributed by atoms with van der Waals surface area (Å²) in [4.78, 5) is 27.0. The summed E-state index contributed by atoms with van der Waals surface area (Å²) >= 11 is 0. The summed E-state index contributed by atoms with van der Waals surface area (Å²) in [5, 5.41) is 12.5. The van der Waals surface area contributed by atoms with Crippen LogP contribution in [0.4, 0.5) is 5.69 Å². The lowest BCUT2D eigenvalue weighted by Crippen LogP contribution is -2.49. The van der Waals surface area contributed by atoms with Crippen molar-refractivity contribution in [3.05, 3.63) is 137 Å². The van der Waals surface area contributed by atoms with Crippen LogP contribution in [0.25, 0.3) is 11.0 Å². The first-order chi connectivity index (χ1) is 23.1. The molecule has 3 heterocycles. The number of amides is 1. The third-order valence-corrected chi connectivity index (χ3v) is 8.89. The zero-order valence-electron chi connectivity index (χ0n) is 26.2. The number of rotatable bonds is 9. The molecule has 0 bridgehead atoms. The maximum atomic E-state index is 13.1. The van der Waals surface area contributed by atoms with Crippen LogP contribution in [0.2, 0.25) is 0 Å². The predicted octanol–water partition coefficient (Wildman–Crippen LogP) is 5.74. The van der Waals surface area contributed by atoms with Crippen molar-refractivity contribution in [1.29, 1.82) is 0 Å². The van der Waals surface area contributed by atoms with E-state index in [9.17, 15) is 9.90 Å². The van der Waals surface area contributed by atoms with Gasteiger partial charge in [-0.1, -0.05) is 78.9 Å². The largest absolute Gasteiger partial charge is 0.392 e. The van der Waals surface area contributed by atoms with Crippen molar-refractivity contribution in [2.75, 3.05) is 38.0 Å². The number of nitrogens with zero attached hydrogens (tertiary/aromatic N) is 4. The second-order valence-corrected chi connectivity index (χ2v) is 12.2. The van der Waals surface area contributed by atoms with E-state index in [2.05, 4.69) is 55.4 Å². The standard InChI is InChI=1S/C38H39N5O4/c44-26-28-13-15-29(16-14-28)36-22-32(25-43-19-17-42(18-20-43)24-27-7-2-1-3-8-27)46-38(47-36)30-9-6-10-31(21-30)40-37(45)35-23-39-33-11-4-5-12-34(33)41-35/h1-16,21,23,32,36,38,44H,17-20,22,24-26H2,(H,40,45). The maximum absolute atomic E-state index is 13.1. The van der Waals surface area contributed by atoms with Crippen molar-refractivity contribution in [2.45, 2.75) is 38.1 Å². The van der Waals surface area contributed by atoms with E-state index in [4.69, 9.17) is 9.47 Å². The van der Waals surface area contributed by atoms with E-state index < -0.39 is 6.29 Å². The Morgan fingerprint density at radius 2 is 1.53 bits per heavy atom. The second-order valence-electron chi connectivity index (χ2n) is 12.2. The lowest BCUT2D eigenvalue weighted by atomic mass is 9.99. The zero-order chi connectivity index (χ0) is 32.0. The fourth-order valence-electron chi connectivity index (χ4n) is 6.32. The van der Waals surface area contributed by atoms with Gasteiger partial charge >= 0.3 is 0 Å². The minimum Gasteiger partial charge on any atom is -0.392 e. The number of aliphatic hydroxyl groups is 1. The Morgan fingerprint density at radius 1 is 0.787 bits per heavy atom. The molecule has 0 spiro atoms. The summed E-state index contributed by atoms with van der Waals surface area (Å²) in [6.07, 6.45) is 1.36. The summed E-state index contributed by atoms with van der Waals surface area (Å²) in [5.74, 6) is -0.336. The minimum atomic E-state index is -0.618. The average Bonchev–Trinajstić information content (AvgIpc) is 3.12. The van der Waals surface area contributed by atoms with Gasteiger partial charge in [0.05, 0.1) is 36.0 Å². The number of hydrogen-bond donors (Lipinski definition) is 2. The molecule has 1 amide bonds. The van der Waals surface area contributed by atoms with Gasteiger partial charge in [0.25, 0.3) is 5.91 Å². The summed E-state index contributed by atoms with van der Waals surface area (Å²) in [7, 11) is 0. The molecule has 0 aliphatic carbocycles. The number of fused-ring (bicyclic) bond motifs is 1. The number of piperazine rings is 1. The monoisotopic (exact) mass is 629 g/mol. The predicted molar refractivity (Wildman–Crippen MR) is 181 cm³/mol. The number of aliphatic hydroxyl groups excluding tert-OH is 1. The SMILES string of the molecule is O=C(Nc1cccc(C2OC(CN3CCN(Cc4ccccc4)CC3)CC(c3ccc(CO)cc3)O2)c1)c1cnc2ccccc2n1. The normalized spacial score (nSPS) is 20.7. The van der Waals surface area contributed by atoms with E-state index in [-0.39, 0.29) is 30.4 Å². The van der Waals surface area contributed by atoms with Crippen LogP contribution < -0.4 is 5.32 Å². The highest BCUT2D eigenvalue weighted by Crippen LogP contribution is 2.39. The highest BCUT2D eigenvalue weighted by molar-refractivity contribution is 6.03. The van der Waals surface area contributed by atoms with E-state index in [0.29, 0.717) is 11.2 Å². The van der Waals surface area contributed by atoms with Gasteiger partial charge in [-0.3, -0.25) is 19.6 Å². The van der Waals surface area contributed by atoms with Crippen molar-refractivity contribution in [1.82, 2.24) is 19.8 Å². The summed E-state index contributed by atoms with van der Waals surface area (Å²) in [6.45, 7) is 5.76. The third kappa shape index (κ3) is 7.73. The molecular formula is C38H39N5O4. The van der Waals surface area contributed by atoms with Gasteiger partial charge < -0.3 is 19.9 Å². The maximum Gasteiger partial charge on any atom is 0.275 e. The van der Waals surface area contributed by atoms with E-state index in [0.717, 1.165) is 67.9 Å². The Hall–Kier alpha value is -4.51. The Labute approximate surface area is 274 Å². The molecule has 47 heavy (non-hydrogen) atoms. The number of nitrogens with one attached hydrogen (secondary N) is 1. The van der Waals surface area contributed by atoms with Gasteiger partial charge in [0.15, 0.2) is 6.29 Å². The van der Waals surface area contributed by atoms with Crippen LogP contribution in [0.5, 0.6) is 0 Å². The molecule has 2 saturated heterocycles. The quantitative estimate of drug-likeness (QED) is 0.213. The second kappa shape index (κ2) is 14.5. The first-order valence-electron chi connectivity index (χ1n) is 16.2. The molecular weight excluding hydrogens is 590 g/mol. The van der Waals surface area contributed by atoms with E-state index in [1.165, 1.54) is 11.8 Å². The third-order valence-electron chi connectivity index (χ3n) is 8.89. The van der Waals surface area contributed by atoms with Crippen LogP contribution in [-0.2, 0) is 22.6 Å². The van der Waals surface area contributed by atoms with E-state index >= 15 is 0 Å². The summed E-state index contributed by atoms with van der Waals surface area (Å²) in [5.41, 5.74) is 6.34. The Bertz CT molecular complexity index is 1790. The smallest absolute Gasteiger partial charge is 0.275 e. The molecule has 7 rings (SSSR count). The van der Waals surface area contributed by atoms with Crippen LogP contribution in [0.1, 0.15) is 51.6 Å². The Kier molecular flexibility index (Phi) is 9.60. The van der Waals surface area contributed by atoms with Gasteiger partial charge in [-0.15, -0.1) is 0 Å². The number of benzene rings is 4. The molecule has 2 N–H and O–H groups in total. The van der Waals surface area contributed by atoms with Crippen LogP contribution in [0, 0.1) is 0 Å². The number of ether oxygens (including phenoxy) is 2. The van der Waals surface area contributed by atoms with Crippen molar-refractivity contribution >= 4 is 22.6 Å². The first kappa shape index (κ1) is 31.1. The lowest BCUT2D eigenvalue weighted by molar-refractivity contribution is -0.253. The Morgan fingerprint density at radius 3 is 2.32 bits per heavy atom. The molecule has 5 aromatic rings. The molecule has 4 aromatic carbocycles. The lowest BCUT2D eigenvalue weighted by Gasteiger charge is -2.41. The summed E-state index contributed by atoms with van der Waals surface area (Å²) in [6, 6.07) is 33.6. The number of carbonyl (C=O) groups is 1. The van der Waals surface area contributed by atoms with Crippen LogP contribution in [0.15, 0.2) is 109 Å². The molecule has 3 atom stereocenters. The zero-order valence-corrected chi connectivity index (χ0v) is 26.2. The summed E-state index contributed by atoms with van der Waals surface area (Å²) < 4.78 is 13.2. The molecule has 2 aliphatic rings. The van der Waals surface area contributed by atoms with Crippen molar-refractivity contribution in [3.8, 4) is 0 Å². The molecule has 0 saturated carbocycles. The highest BCUT2D eigenvalue weighted by Gasteiger charge is 2.34. The molecule has 1 aromatic heterocycles. The van der Waals surface area contributed by atoms with Gasteiger partial charge in [-0.2, -0.15) is 0 Å². The number of hydrogen-bond acceptors (Lipinski definition) is 8. The fraction of sp³-hybridized carbons (Fsp3) is 0.289. The molecule has 2 aliphatic heterocycles. The van der Waals surface area contributed by atoms with Crippen LogP contribution in [0.3, 0.4) is 0 Å². The van der Waals surface area contributed by atoms with Crippen molar-refractivity contribution in [2.24, 2.45) is 0 Å². The van der Waals surface area contributed by atoms with Crippen LogP contribution >= 0.6 is 0 Å². The van der Waals surface area contributed by atoms with Crippen molar-refractivity contribution in [3.63, 3.8) is 0 Å². The van der Waals surface area contributed by atoms with Crippen LogP contribution in [-0.4, -0.2) is 69.6 Å². The number of carbonyl (C=O) groups excluding carboxylic acids is 1. The average molecular weight is 630 g/mol. The topological polar surface area (TPSA) is 100 Å². The molecule has 0 radical (unpaired) electrons. The van der Waals surface area contributed by atoms with Gasteiger partial charge in [0.1, 0.15) is 5.69 Å². The number of anilines is 1. The first-order valence-corrected chi connectivity index (χ1v) is 16.2. The van der Waals surface area contributed by atoms with Crippen molar-refractivity contribution < 1.29 is 19.4 Å². The van der Waals surface area contributed by atoms with Gasteiger partial charge in [-0.25, -0.2) is 4.98 Å². The van der Waals surface area contributed by atoms with Gasteiger partial charge in [0.2, 0.25) is 0 Å². The van der Waals surface area contributed by atoms with Gasteiger partial charge in [-0.05, 0) is 41.0 Å². The molecule has 9 nitrogen and oxygen atoms in total. The van der Waals surface area contributed by atoms with E-state index in [1.807, 2.05) is 72.8 Å². The molecule has 240 valence electrons. The Balaban J connectivity index is 1.05. The number of aromatic nitrogens is 2. The van der Waals surface area contributed by atoms with E-state index in [1.54, 1.807) is 0 Å². The minimum absolute atomic E-state index is 0.000282. The molecule has 9 heteroatoms. The molecule has 2 fully saturated rings. The number of para-hydroxylation sites is 2. The molecule has 3 unspecified atom stereocenters. The highest BCUT2D eigenvalue weighted by atomic mass is 16.7. The van der Waals surface area contributed by atoms with Gasteiger partial charge in [0, 0.05) is 56.9 Å².